The van der Waals surface area contributed by atoms with E-state index in [-0.39, 0.29) is 30.9 Å². The molecule has 1 aromatic carbocycles. The topological polar surface area (TPSA) is 169 Å². The third-order valence-electron chi connectivity index (χ3n) is 13.7. The molecule has 0 bridgehead atoms. The number of aliphatic carboxylic acids is 1. The first-order chi connectivity index (χ1) is 28.1. The quantitative estimate of drug-likeness (QED) is 0.280. The second kappa shape index (κ2) is 16.6. The lowest BCUT2D eigenvalue weighted by atomic mass is 10.0. The van der Waals surface area contributed by atoms with E-state index < -0.39 is 47.6 Å². The predicted molar refractivity (Wildman–Crippen MR) is 213 cm³/mol. The second-order valence-electron chi connectivity index (χ2n) is 17.8. The number of carboxylic acids is 1. The number of hydrogen-bond donors (Lipinski definition) is 3. The minimum Gasteiger partial charge on any atom is -0.491 e. The molecular weight excluding hydrogens is 766 g/mol. The van der Waals surface area contributed by atoms with Gasteiger partial charge in [0.1, 0.15) is 53.0 Å². The van der Waals surface area contributed by atoms with E-state index in [1.165, 1.54) is 11.3 Å². The second-order valence-corrected chi connectivity index (χ2v) is 18.2. The van der Waals surface area contributed by atoms with Crippen LogP contribution in [0.15, 0.2) is 18.2 Å². The number of benzene rings is 1. The number of nitrogens with one attached hydrogen (secondary N) is 2. The van der Waals surface area contributed by atoms with Crippen molar-refractivity contribution in [3.63, 3.8) is 0 Å². The number of alkyl carbamates (subject to hydrolysis) is 1. The normalized spacial score (nSPS) is 32.8. The Hall–Kier alpha value is -3.88. The average Bonchev–Trinajstić information content (AvgIpc) is 4.18. The summed E-state index contributed by atoms with van der Waals surface area (Å²) in [6, 6.07) is 3.74. The number of carbonyl (C=O) groups excluding carboxylic acids is 3. The van der Waals surface area contributed by atoms with Gasteiger partial charge in [-0.2, -0.15) is 0 Å². The molecule has 0 radical (unpaired) electrons. The lowest BCUT2D eigenvalue weighted by Gasteiger charge is -2.29. The van der Waals surface area contributed by atoms with Gasteiger partial charge < -0.3 is 39.6 Å². The van der Waals surface area contributed by atoms with Crippen molar-refractivity contribution < 1.29 is 43.2 Å². The van der Waals surface area contributed by atoms with E-state index in [0.29, 0.717) is 84.8 Å². The maximum absolute atomic E-state index is 14.6. The van der Waals surface area contributed by atoms with Crippen LogP contribution in [0.2, 0.25) is 5.02 Å². The highest BCUT2D eigenvalue weighted by Crippen LogP contribution is 2.53. The van der Waals surface area contributed by atoms with Crippen LogP contribution in [0.5, 0.6) is 11.5 Å². The van der Waals surface area contributed by atoms with Crippen LogP contribution in [0.25, 0.3) is 10.9 Å². The molecule has 7 fully saturated rings. The van der Waals surface area contributed by atoms with E-state index >= 15 is 0 Å². The van der Waals surface area contributed by atoms with E-state index in [1.54, 1.807) is 0 Å². The molecule has 0 spiro atoms. The summed E-state index contributed by atoms with van der Waals surface area (Å²) in [6.07, 6.45) is 9.48. The van der Waals surface area contributed by atoms with Gasteiger partial charge in [0.25, 0.3) is 0 Å². The van der Waals surface area contributed by atoms with Crippen molar-refractivity contribution in [2.24, 2.45) is 17.8 Å². The fourth-order valence-electron chi connectivity index (χ4n) is 9.95. The van der Waals surface area contributed by atoms with Gasteiger partial charge in [0.05, 0.1) is 25.3 Å². The summed E-state index contributed by atoms with van der Waals surface area (Å²) in [6.45, 7) is 4.43. The minimum absolute atomic E-state index is 0.0681. The maximum atomic E-state index is 14.6. The number of rotatable bonds is 10. The Labute approximate surface area is 344 Å². The number of pyridine rings is 1. The Bertz CT molecular complexity index is 1900. The molecule has 3 aliphatic heterocycles. The van der Waals surface area contributed by atoms with Crippen molar-refractivity contribution in [3.8, 4) is 11.5 Å². The number of nitrogens with zero attached hydrogens (tertiary/aromatic N) is 3. The number of aromatic nitrogens is 1. The minimum atomic E-state index is -1.35. The van der Waals surface area contributed by atoms with Gasteiger partial charge in [-0.1, -0.05) is 43.7 Å². The summed E-state index contributed by atoms with van der Waals surface area (Å²) >= 11 is 7.01. The van der Waals surface area contributed by atoms with Gasteiger partial charge >= 0.3 is 12.1 Å². The summed E-state index contributed by atoms with van der Waals surface area (Å²) in [5.41, 5.74) is 0.0762. The molecule has 58 heavy (non-hydrogen) atoms. The van der Waals surface area contributed by atoms with Crippen molar-refractivity contribution >= 4 is 46.4 Å². The molecule has 3 N–H and O–H groups in total. The zero-order valence-electron chi connectivity index (χ0n) is 33.1. The van der Waals surface area contributed by atoms with Gasteiger partial charge in [-0.05, 0) is 81.3 Å². The summed E-state index contributed by atoms with van der Waals surface area (Å²) in [4.78, 5) is 63.6. The standard InChI is InChI=1S/C43H56ClN5O9/c44-37-35(56-17-14-48-12-15-55-16-13-48)11-10-31-36(22-33(25-8-9-25)45-38(31)37)57-30-21-34-39(50)47-43(41(52)53)23-28(43)6-4-2-1-3-5-7-32(40(51)49(34)24-30)46-42(54)58-29-19-26-18-27(26)20-29/h10-11,22,25-30,32,34H,1-9,12-21,23-24H2,(H,46,54)(H,47,50)(H,52,53)/t26-,27+,28-,29+,30-,32+,34+,43-/m1/s1. The van der Waals surface area contributed by atoms with Crippen molar-refractivity contribution in [2.75, 3.05) is 46.0 Å². The van der Waals surface area contributed by atoms with Crippen LogP contribution >= 0.6 is 11.6 Å². The van der Waals surface area contributed by atoms with Crippen molar-refractivity contribution in [3.05, 3.63) is 28.9 Å². The summed E-state index contributed by atoms with van der Waals surface area (Å²) in [5.74, 6) is 0.493. The van der Waals surface area contributed by atoms with Crippen molar-refractivity contribution in [1.29, 1.82) is 0 Å². The first-order valence-corrected chi connectivity index (χ1v) is 22.1. The molecule has 1 aromatic heterocycles. The fourth-order valence-corrected chi connectivity index (χ4v) is 10.2. The Morgan fingerprint density at radius 3 is 2.48 bits per heavy atom. The number of fused-ring (bicyclic) bond motifs is 4. The van der Waals surface area contributed by atoms with Gasteiger partial charge in [-0.15, -0.1) is 0 Å². The molecule has 14 nitrogen and oxygen atoms in total. The van der Waals surface area contributed by atoms with Crippen LogP contribution in [0.4, 0.5) is 4.79 Å². The maximum Gasteiger partial charge on any atom is 0.408 e. The fraction of sp³-hybridized carbons (Fsp3) is 0.698. The highest BCUT2D eigenvalue weighted by molar-refractivity contribution is 6.36. The number of ether oxygens (including phenoxy) is 4. The molecule has 2 aromatic rings. The van der Waals surface area contributed by atoms with Crippen LogP contribution < -0.4 is 20.1 Å². The van der Waals surface area contributed by atoms with Crippen molar-refractivity contribution in [2.45, 2.75) is 126 Å². The third kappa shape index (κ3) is 8.56. The van der Waals surface area contributed by atoms with Crippen LogP contribution in [-0.4, -0.2) is 120 Å². The van der Waals surface area contributed by atoms with Gasteiger partial charge in [0.2, 0.25) is 11.8 Å². The van der Waals surface area contributed by atoms with E-state index in [9.17, 15) is 24.3 Å². The largest absolute Gasteiger partial charge is 0.491 e. The number of carbonyl (C=O) groups is 4. The summed E-state index contributed by atoms with van der Waals surface area (Å²) in [7, 11) is 0. The van der Waals surface area contributed by atoms with E-state index in [1.807, 2.05) is 18.2 Å². The molecule has 3 amide bonds. The monoisotopic (exact) mass is 821 g/mol. The number of morpholine rings is 1. The Morgan fingerprint density at radius 2 is 1.72 bits per heavy atom. The van der Waals surface area contributed by atoms with Gasteiger partial charge in [0, 0.05) is 49.1 Å². The smallest absolute Gasteiger partial charge is 0.408 e. The first-order valence-electron chi connectivity index (χ1n) is 21.7. The lowest BCUT2D eigenvalue weighted by Crippen LogP contribution is -2.56. The van der Waals surface area contributed by atoms with Crippen LogP contribution in [0.3, 0.4) is 0 Å². The molecule has 15 heteroatoms. The Kier molecular flexibility index (Phi) is 11.4. The summed E-state index contributed by atoms with van der Waals surface area (Å²) in [5, 5.41) is 17.2. The van der Waals surface area contributed by atoms with Gasteiger partial charge in [-0.25, -0.2) is 9.59 Å². The summed E-state index contributed by atoms with van der Waals surface area (Å²) < 4.78 is 24.2. The molecule has 0 unspecified atom stereocenters. The average molecular weight is 822 g/mol. The molecule has 8 atom stereocenters. The molecule has 314 valence electrons. The highest BCUT2D eigenvalue weighted by atomic mass is 35.5. The molecular formula is C43H56ClN5O9. The molecule has 7 aliphatic rings. The Morgan fingerprint density at radius 1 is 0.966 bits per heavy atom. The molecule has 4 heterocycles. The zero-order chi connectivity index (χ0) is 40.0. The number of halogens is 1. The van der Waals surface area contributed by atoms with Crippen LogP contribution in [0, 0.1) is 17.8 Å². The number of amides is 3. The van der Waals surface area contributed by atoms with E-state index in [4.69, 9.17) is 35.5 Å². The Balaban J connectivity index is 0.966. The lowest BCUT2D eigenvalue weighted by molar-refractivity contribution is -0.146. The van der Waals surface area contributed by atoms with Gasteiger partial charge in [0.15, 0.2) is 0 Å². The van der Waals surface area contributed by atoms with Crippen LogP contribution in [0.1, 0.15) is 102 Å². The molecule has 9 rings (SSSR count). The predicted octanol–water partition coefficient (Wildman–Crippen LogP) is 5.42. The third-order valence-corrected chi connectivity index (χ3v) is 14.1. The molecule has 4 aliphatic carbocycles. The SMILES string of the molecule is O=C(N[C@H]1CCCCCCC[C@@H]2C[C@@]2(C(=O)O)NC(=O)[C@@H]2C[C@@H](Oc3cc(C4CC4)nc4c(Cl)c(OCCN5CCOCC5)ccc34)CN2C1=O)O[C@@H]1C[C@@H]2C[C@@H]2C1. The number of hydrogen-bond acceptors (Lipinski definition) is 10. The van der Waals surface area contributed by atoms with Gasteiger partial charge in [-0.3, -0.25) is 19.5 Å². The number of carboxylic acid groups (broad SMARTS) is 1. The molecule has 3 saturated heterocycles. The highest BCUT2D eigenvalue weighted by Gasteiger charge is 2.62. The molecule has 4 saturated carbocycles. The van der Waals surface area contributed by atoms with E-state index in [2.05, 4.69) is 15.5 Å². The van der Waals surface area contributed by atoms with E-state index in [0.717, 1.165) is 76.7 Å². The van der Waals surface area contributed by atoms with Crippen molar-refractivity contribution in [1.82, 2.24) is 25.4 Å². The first kappa shape index (κ1) is 39.6. The van der Waals surface area contributed by atoms with Crippen LogP contribution in [-0.2, 0) is 23.9 Å². The zero-order valence-corrected chi connectivity index (χ0v) is 33.9.